The Bertz CT molecular complexity index is 610. The first-order chi connectivity index (χ1) is 11.7. The van der Waals surface area contributed by atoms with Crippen molar-refractivity contribution < 1.29 is 23.7 Å². The molecule has 0 bridgehead atoms. The van der Waals surface area contributed by atoms with Gasteiger partial charge in [0.2, 0.25) is 6.79 Å². The molecule has 2 aliphatic heterocycles. The number of hydrogen-bond donors (Lipinski definition) is 1. The summed E-state index contributed by atoms with van der Waals surface area (Å²) in [6.07, 6.45) is -0.0866. The molecule has 1 saturated heterocycles. The predicted octanol–water partition coefficient (Wildman–Crippen LogP) is 3.73. The second kappa shape index (κ2) is 6.91. The maximum absolute atomic E-state index is 9.78. The SMILES string of the molecule is CC(C)(C)[Si](C)(C)OC[C@H]1C(CO)CO[C@@H]1c1ccc2c(c1)OCO2. The highest BCUT2D eigenvalue weighted by atomic mass is 28.4. The smallest absolute Gasteiger partial charge is 0.231 e. The molecule has 5 nitrogen and oxygen atoms in total. The van der Waals surface area contributed by atoms with E-state index in [0.717, 1.165) is 17.1 Å². The zero-order valence-corrected chi connectivity index (χ0v) is 16.9. The number of benzene rings is 1. The first kappa shape index (κ1) is 18.7. The van der Waals surface area contributed by atoms with Gasteiger partial charge in [0.05, 0.1) is 12.7 Å². The van der Waals surface area contributed by atoms with Crippen LogP contribution >= 0.6 is 0 Å². The number of hydrogen-bond acceptors (Lipinski definition) is 5. The van der Waals surface area contributed by atoms with E-state index in [1.165, 1.54) is 0 Å². The highest BCUT2D eigenvalue weighted by molar-refractivity contribution is 6.74. The average molecular weight is 367 g/mol. The van der Waals surface area contributed by atoms with Crippen molar-refractivity contribution in [2.45, 2.75) is 45.0 Å². The summed E-state index contributed by atoms with van der Waals surface area (Å²) in [5.41, 5.74) is 1.06. The monoisotopic (exact) mass is 366 g/mol. The van der Waals surface area contributed by atoms with Gasteiger partial charge in [-0.3, -0.25) is 0 Å². The maximum atomic E-state index is 9.78. The Morgan fingerprint density at radius 2 is 1.92 bits per heavy atom. The predicted molar refractivity (Wildman–Crippen MR) is 98.5 cm³/mol. The third kappa shape index (κ3) is 3.72. The fourth-order valence-electron chi connectivity index (χ4n) is 3.09. The molecule has 3 atom stereocenters. The van der Waals surface area contributed by atoms with E-state index in [1.54, 1.807) is 0 Å². The largest absolute Gasteiger partial charge is 0.454 e. The molecule has 0 spiro atoms. The van der Waals surface area contributed by atoms with E-state index >= 15 is 0 Å². The van der Waals surface area contributed by atoms with Crippen LogP contribution in [0.4, 0.5) is 0 Å². The summed E-state index contributed by atoms with van der Waals surface area (Å²) in [7, 11) is -1.84. The molecule has 1 N–H and O–H groups in total. The lowest BCUT2D eigenvalue weighted by Crippen LogP contribution is -2.43. The molecule has 1 aromatic rings. The van der Waals surface area contributed by atoms with Crippen molar-refractivity contribution in [3.8, 4) is 11.5 Å². The second-order valence-corrected chi connectivity index (χ2v) is 13.4. The molecule has 0 aromatic heterocycles. The van der Waals surface area contributed by atoms with Crippen molar-refractivity contribution in [1.29, 1.82) is 0 Å². The van der Waals surface area contributed by atoms with Crippen molar-refractivity contribution in [2.75, 3.05) is 26.6 Å². The Morgan fingerprint density at radius 1 is 1.20 bits per heavy atom. The van der Waals surface area contributed by atoms with Crippen molar-refractivity contribution in [2.24, 2.45) is 11.8 Å². The van der Waals surface area contributed by atoms with Gasteiger partial charge in [0.1, 0.15) is 0 Å². The Hall–Kier alpha value is -1.08. The van der Waals surface area contributed by atoms with Crippen LogP contribution in [0.1, 0.15) is 32.4 Å². The summed E-state index contributed by atoms with van der Waals surface area (Å²) in [6.45, 7) is 12.8. The second-order valence-electron chi connectivity index (χ2n) is 8.54. The van der Waals surface area contributed by atoms with Crippen LogP contribution in [0, 0.1) is 11.8 Å². The summed E-state index contributed by atoms with van der Waals surface area (Å²) in [4.78, 5) is 0. The van der Waals surface area contributed by atoms with E-state index < -0.39 is 8.32 Å². The van der Waals surface area contributed by atoms with E-state index in [9.17, 15) is 5.11 Å². The fourth-order valence-corrected chi connectivity index (χ4v) is 4.13. The summed E-state index contributed by atoms with van der Waals surface area (Å²) < 4.78 is 23.4. The lowest BCUT2D eigenvalue weighted by molar-refractivity contribution is 0.0734. The summed E-state index contributed by atoms with van der Waals surface area (Å²) in [5, 5.41) is 9.94. The van der Waals surface area contributed by atoms with Crippen LogP contribution in [-0.4, -0.2) is 40.0 Å². The molecule has 2 aliphatic rings. The minimum atomic E-state index is -1.84. The molecule has 0 aliphatic carbocycles. The molecule has 0 saturated carbocycles. The average Bonchev–Trinajstić information content (AvgIpc) is 3.17. The van der Waals surface area contributed by atoms with E-state index in [1.807, 2.05) is 18.2 Å². The molecule has 0 amide bonds. The molecule has 0 radical (unpaired) electrons. The lowest BCUT2D eigenvalue weighted by Gasteiger charge is -2.38. The van der Waals surface area contributed by atoms with Gasteiger partial charge in [-0.05, 0) is 35.8 Å². The highest BCUT2D eigenvalue weighted by Gasteiger charge is 2.42. The zero-order chi connectivity index (χ0) is 18.2. The minimum Gasteiger partial charge on any atom is -0.454 e. The van der Waals surface area contributed by atoms with Crippen LogP contribution in [-0.2, 0) is 9.16 Å². The van der Waals surface area contributed by atoms with Gasteiger partial charge >= 0.3 is 0 Å². The van der Waals surface area contributed by atoms with E-state index in [4.69, 9.17) is 18.6 Å². The Balaban J connectivity index is 1.77. The zero-order valence-electron chi connectivity index (χ0n) is 15.9. The van der Waals surface area contributed by atoms with Gasteiger partial charge in [0.15, 0.2) is 19.8 Å². The molecule has 2 heterocycles. The van der Waals surface area contributed by atoms with Crippen LogP contribution in [0.5, 0.6) is 11.5 Å². The van der Waals surface area contributed by atoms with Crippen LogP contribution in [0.2, 0.25) is 18.1 Å². The molecular weight excluding hydrogens is 336 g/mol. The normalized spacial score (nSPS) is 26.2. The first-order valence-electron chi connectivity index (χ1n) is 8.99. The van der Waals surface area contributed by atoms with Gasteiger partial charge in [0.25, 0.3) is 0 Å². The number of rotatable bonds is 5. The molecule has 1 aromatic carbocycles. The lowest BCUT2D eigenvalue weighted by atomic mass is 9.88. The van der Waals surface area contributed by atoms with Gasteiger partial charge in [-0.15, -0.1) is 0 Å². The van der Waals surface area contributed by atoms with Crippen molar-refractivity contribution in [1.82, 2.24) is 0 Å². The number of fused-ring (bicyclic) bond motifs is 1. The number of aliphatic hydroxyl groups is 1. The van der Waals surface area contributed by atoms with Crippen molar-refractivity contribution >= 4 is 8.32 Å². The van der Waals surface area contributed by atoms with Crippen LogP contribution in [0.25, 0.3) is 0 Å². The molecule has 3 rings (SSSR count). The molecular formula is C19H30O5Si. The van der Waals surface area contributed by atoms with E-state index in [2.05, 4.69) is 33.9 Å². The van der Waals surface area contributed by atoms with E-state index in [-0.39, 0.29) is 36.4 Å². The number of aliphatic hydroxyl groups excluding tert-OH is 1. The fraction of sp³-hybridized carbons (Fsp3) is 0.684. The standard InChI is InChI=1S/C19H30O5Si/c1-19(2,3)25(4,5)24-11-15-14(9-20)10-21-18(15)13-6-7-16-17(8-13)23-12-22-16/h6-8,14-15,18,20H,9-12H2,1-5H3/t14?,15-,18+/m0/s1. The van der Waals surface area contributed by atoms with Crippen LogP contribution in [0.3, 0.4) is 0 Å². The highest BCUT2D eigenvalue weighted by Crippen LogP contribution is 2.44. The third-order valence-corrected chi connectivity index (χ3v) is 10.4. The Kier molecular flexibility index (Phi) is 5.17. The third-order valence-electron chi connectivity index (χ3n) is 5.89. The van der Waals surface area contributed by atoms with Gasteiger partial charge in [-0.2, -0.15) is 0 Å². The summed E-state index contributed by atoms with van der Waals surface area (Å²) in [5.74, 6) is 1.77. The molecule has 1 unspecified atom stereocenters. The molecule has 140 valence electrons. The van der Waals surface area contributed by atoms with E-state index in [0.29, 0.717) is 13.2 Å². The van der Waals surface area contributed by atoms with Crippen LogP contribution < -0.4 is 9.47 Å². The topological polar surface area (TPSA) is 57.2 Å². The molecule has 25 heavy (non-hydrogen) atoms. The minimum absolute atomic E-state index is 0.0866. The van der Waals surface area contributed by atoms with Crippen molar-refractivity contribution in [3.63, 3.8) is 0 Å². The molecule has 1 fully saturated rings. The van der Waals surface area contributed by atoms with Gasteiger partial charge in [0, 0.05) is 25.0 Å². The molecule has 6 heteroatoms. The Labute approximate surface area is 151 Å². The van der Waals surface area contributed by atoms with Crippen LogP contribution in [0.15, 0.2) is 18.2 Å². The van der Waals surface area contributed by atoms with Gasteiger partial charge in [-0.25, -0.2) is 0 Å². The Morgan fingerprint density at radius 3 is 2.60 bits per heavy atom. The summed E-state index contributed by atoms with van der Waals surface area (Å²) in [6, 6.07) is 5.95. The summed E-state index contributed by atoms with van der Waals surface area (Å²) >= 11 is 0. The maximum Gasteiger partial charge on any atom is 0.231 e. The van der Waals surface area contributed by atoms with Gasteiger partial charge < -0.3 is 23.7 Å². The quantitative estimate of drug-likeness (QED) is 0.805. The first-order valence-corrected chi connectivity index (χ1v) is 11.9. The van der Waals surface area contributed by atoms with Gasteiger partial charge in [-0.1, -0.05) is 26.8 Å². The van der Waals surface area contributed by atoms with Crippen molar-refractivity contribution in [3.05, 3.63) is 23.8 Å². The number of ether oxygens (including phenoxy) is 3.